The summed E-state index contributed by atoms with van der Waals surface area (Å²) in [5.74, 6) is -1.28. The molecule has 2 aliphatic rings. The minimum absolute atomic E-state index is 0.0204. The third-order valence-electron chi connectivity index (χ3n) is 9.31. The van der Waals surface area contributed by atoms with Crippen molar-refractivity contribution < 1.29 is 22.8 Å². The van der Waals surface area contributed by atoms with Gasteiger partial charge in [0.25, 0.3) is 27.7 Å². The Hall–Kier alpha value is -5.09. The number of carbonyl (C=O) groups excluding carboxylic acids is 3. The second-order valence-corrected chi connectivity index (χ2v) is 14.5. The molecule has 50 heavy (non-hydrogen) atoms. The molecule has 2 heterocycles. The number of sulfonamides is 1. The Morgan fingerprint density at radius 1 is 0.840 bits per heavy atom. The van der Waals surface area contributed by atoms with Crippen LogP contribution in [0.15, 0.2) is 107 Å². The van der Waals surface area contributed by atoms with Crippen molar-refractivity contribution in [3.63, 3.8) is 0 Å². The first-order chi connectivity index (χ1) is 24.2. The van der Waals surface area contributed by atoms with Crippen molar-refractivity contribution >= 4 is 44.2 Å². The zero-order valence-corrected chi connectivity index (χ0v) is 29.3. The fourth-order valence-electron chi connectivity index (χ4n) is 6.44. The summed E-state index contributed by atoms with van der Waals surface area (Å²) in [5.41, 5.74) is 3.90. The van der Waals surface area contributed by atoms with Crippen LogP contribution in [0.5, 0.6) is 0 Å². The van der Waals surface area contributed by atoms with Gasteiger partial charge in [-0.05, 0) is 71.5 Å². The van der Waals surface area contributed by atoms with Crippen molar-refractivity contribution in [3.05, 3.63) is 125 Å². The molecule has 4 aromatic carbocycles. The van der Waals surface area contributed by atoms with Crippen molar-refractivity contribution in [2.24, 2.45) is 4.99 Å². The molecule has 0 atom stereocenters. The lowest BCUT2D eigenvalue weighted by Gasteiger charge is -2.29. The number of allylic oxidation sites excluding steroid dienone is 1. The van der Waals surface area contributed by atoms with Crippen LogP contribution in [-0.4, -0.2) is 61.3 Å². The van der Waals surface area contributed by atoms with Crippen LogP contribution < -0.4 is 4.72 Å². The van der Waals surface area contributed by atoms with Gasteiger partial charge in [0.15, 0.2) is 0 Å². The number of hydrogen-bond donors (Lipinski definition) is 1. The number of nitrogens with one attached hydrogen (secondary N) is 1. The van der Waals surface area contributed by atoms with Crippen LogP contribution in [0.25, 0.3) is 10.8 Å². The maximum atomic E-state index is 14.3. The number of unbranched alkanes of at least 4 members (excludes halogenated alkanes) is 2. The number of carbonyl (C=O) groups is 3. The van der Waals surface area contributed by atoms with Gasteiger partial charge in [0.05, 0.1) is 10.6 Å². The van der Waals surface area contributed by atoms with Crippen molar-refractivity contribution in [3.8, 4) is 0 Å². The Morgan fingerprint density at radius 2 is 1.54 bits per heavy atom. The first-order valence-electron chi connectivity index (χ1n) is 17.3. The van der Waals surface area contributed by atoms with Gasteiger partial charge in [-0.1, -0.05) is 87.4 Å². The molecule has 0 aliphatic carbocycles. The monoisotopic (exact) mass is 690 g/mol. The average molecular weight is 691 g/mol. The number of hydrogen-bond acceptors (Lipinski definition) is 6. The number of rotatable bonds is 12. The summed E-state index contributed by atoms with van der Waals surface area (Å²) in [6.45, 7) is 6.39. The van der Waals surface area contributed by atoms with E-state index >= 15 is 0 Å². The average Bonchev–Trinajstić information content (AvgIpc) is 3.64. The first kappa shape index (κ1) is 34.8. The number of fused-ring (bicyclic) bond motifs is 2. The third kappa shape index (κ3) is 7.55. The van der Waals surface area contributed by atoms with E-state index in [0.29, 0.717) is 56.0 Å². The Balaban J connectivity index is 1.31. The van der Waals surface area contributed by atoms with E-state index in [4.69, 9.17) is 4.99 Å². The maximum absolute atomic E-state index is 14.3. The molecule has 9 nitrogen and oxygen atoms in total. The van der Waals surface area contributed by atoms with Gasteiger partial charge in [-0.25, -0.2) is 18.1 Å². The Bertz CT molecular complexity index is 2110. The second-order valence-electron chi connectivity index (χ2n) is 12.8. The molecular formula is C40H42N4O5S. The molecule has 0 fully saturated rings. The zero-order valence-electron chi connectivity index (χ0n) is 28.5. The highest BCUT2D eigenvalue weighted by Gasteiger charge is 2.29. The molecule has 2 aliphatic heterocycles. The molecule has 3 amide bonds. The van der Waals surface area contributed by atoms with Crippen molar-refractivity contribution in [2.45, 2.75) is 63.8 Å². The van der Waals surface area contributed by atoms with E-state index in [1.165, 1.54) is 29.8 Å². The van der Waals surface area contributed by atoms with E-state index < -0.39 is 15.9 Å². The van der Waals surface area contributed by atoms with Gasteiger partial charge < -0.3 is 9.80 Å². The third-order valence-corrected chi connectivity index (χ3v) is 10.6. The normalized spacial score (nSPS) is 14.2. The highest BCUT2D eigenvalue weighted by Crippen LogP contribution is 2.27. The molecule has 4 aromatic rings. The van der Waals surface area contributed by atoms with Gasteiger partial charge in [0, 0.05) is 49.3 Å². The predicted octanol–water partition coefficient (Wildman–Crippen LogP) is 6.66. The molecule has 258 valence electrons. The Labute approximate surface area is 293 Å². The van der Waals surface area contributed by atoms with Crippen LogP contribution in [-0.2, 0) is 27.8 Å². The summed E-state index contributed by atoms with van der Waals surface area (Å²) < 4.78 is 28.9. The van der Waals surface area contributed by atoms with Gasteiger partial charge >= 0.3 is 0 Å². The molecule has 0 aromatic heterocycles. The van der Waals surface area contributed by atoms with Crippen LogP contribution in [0, 0.1) is 0 Å². The predicted molar refractivity (Wildman–Crippen MR) is 196 cm³/mol. The fourth-order valence-corrected chi connectivity index (χ4v) is 7.45. The molecule has 0 saturated carbocycles. The summed E-state index contributed by atoms with van der Waals surface area (Å²) >= 11 is 0. The van der Waals surface area contributed by atoms with Crippen molar-refractivity contribution in [2.75, 3.05) is 19.6 Å². The first-order valence-corrected chi connectivity index (χ1v) is 18.8. The maximum Gasteiger partial charge on any atom is 0.272 e. The van der Waals surface area contributed by atoms with Crippen LogP contribution in [0.2, 0.25) is 0 Å². The summed E-state index contributed by atoms with van der Waals surface area (Å²) in [6, 6.07) is 24.6. The van der Waals surface area contributed by atoms with E-state index in [0.717, 1.165) is 42.0 Å². The summed E-state index contributed by atoms with van der Waals surface area (Å²) in [4.78, 5) is 49.6. The van der Waals surface area contributed by atoms with E-state index in [-0.39, 0.29) is 27.8 Å². The smallest absolute Gasteiger partial charge is 0.272 e. The summed E-state index contributed by atoms with van der Waals surface area (Å²) in [5, 5.41) is 1.60. The number of amides is 3. The molecule has 0 saturated heterocycles. The molecule has 6 rings (SSSR count). The second kappa shape index (κ2) is 15.2. The molecule has 10 heteroatoms. The lowest BCUT2D eigenvalue weighted by molar-refractivity contribution is -0.127. The van der Waals surface area contributed by atoms with Crippen LogP contribution in [0.1, 0.15) is 83.4 Å². The standard InChI is InChI=1S/C40H42N4O5S/c1-3-5-22-43(23-6-4-2)40(47)37-20-19-36(41-37)34-18-16-31(26-35(34)39(46)44-24-21-29-12-8-10-14-32(29)27-44)38(45)42-50(48,49)33-17-15-28-11-7-9-13-30(28)25-33/h7-18,20,25-26H,3-6,19,21-24,27H2,1-2H3,(H,42,45). The van der Waals surface area contributed by atoms with E-state index in [1.54, 1.807) is 29.2 Å². The van der Waals surface area contributed by atoms with Gasteiger partial charge in [0.1, 0.15) is 5.70 Å². The van der Waals surface area contributed by atoms with Crippen molar-refractivity contribution in [1.82, 2.24) is 14.5 Å². The van der Waals surface area contributed by atoms with Gasteiger partial charge in [-0.3, -0.25) is 14.4 Å². The lowest BCUT2D eigenvalue weighted by Crippen LogP contribution is -2.37. The van der Waals surface area contributed by atoms with Gasteiger partial charge in [-0.2, -0.15) is 0 Å². The lowest BCUT2D eigenvalue weighted by atomic mass is 9.95. The zero-order chi connectivity index (χ0) is 35.3. The summed E-state index contributed by atoms with van der Waals surface area (Å²) in [7, 11) is -4.22. The summed E-state index contributed by atoms with van der Waals surface area (Å²) in [6.07, 6.45) is 6.58. The number of nitrogens with zero attached hydrogens (tertiary/aromatic N) is 3. The number of benzene rings is 4. The van der Waals surface area contributed by atoms with E-state index in [1.807, 2.05) is 41.3 Å². The molecule has 1 N–H and O–H groups in total. The molecular weight excluding hydrogens is 649 g/mol. The molecule has 0 unspecified atom stereocenters. The topological polar surface area (TPSA) is 116 Å². The van der Waals surface area contributed by atoms with Crippen LogP contribution in [0.4, 0.5) is 0 Å². The van der Waals surface area contributed by atoms with Gasteiger partial charge in [-0.15, -0.1) is 0 Å². The molecule has 0 bridgehead atoms. The van der Waals surface area contributed by atoms with Crippen LogP contribution >= 0.6 is 0 Å². The highest BCUT2D eigenvalue weighted by molar-refractivity contribution is 7.90. The minimum Gasteiger partial charge on any atom is -0.337 e. The van der Waals surface area contributed by atoms with Gasteiger partial charge in [0.2, 0.25) is 0 Å². The fraction of sp³-hybridized carbons (Fsp3) is 0.300. The van der Waals surface area contributed by atoms with E-state index in [2.05, 4.69) is 24.6 Å². The highest BCUT2D eigenvalue weighted by atomic mass is 32.2. The number of aliphatic imine (C=N–C) groups is 1. The SMILES string of the molecule is CCCCN(CCCC)C(=O)C1=CCC(c2ccc(C(=O)NS(=O)(=O)c3ccc4ccccc4c3)cc2C(=O)N2CCc3ccccc3C2)=N1. The molecule has 0 radical (unpaired) electrons. The van der Waals surface area contributed by atoms with Crippen LogP contribution in [0.3, 0.4) is 0 Å². The Kier molecular flexibility index (Phi) is 10.6. The van der Waals surface area contributed by atoms with E-state index in [9.17, 15) is 22.8 Å². The Morgan fingerprint density at radius 3 is 2.28 bits per heavy atom. The molecule has 0 spiro atoms. The largest absolute Gasteiger partial charge is 0.337 e. The quantitative estimate of drug-likeness (QED) is 0.179. The minimum atomic E-state index is -4.22. The van der Waals surface area contributed by atoms with Crippen molar-refractivity contribution in [1.29, 1.82) is 0 Å².